The molecular formula is C31H41N7O8. The van der Waals surface area contributed by atoms with E-state index in [1.54, 1.807) is 33.0 Å². The van der Waals surface area contributed by atoms with Gasteiger partial charge in [0.15, 0.2) is 0 Å². The standard InChI is InChI=1S/C31H41N7O8/c1-5-11-44-24-17-13-20(31(3,4)42)46-23(17)18(14-39)25-21(24)16(12-19(45-25)28(41)43-6-2)7-9-37-10-8-33-30(37)38-15-34-22-26(38)35-29(32)36-27(22)40/h7-8,10,12,20,22,26,29,34-35,39,42H,5-6,9,11,13-15,32H2,1-4H3,(H,36,40)/b16-7+/t20-,22+,26-,29-/m0/s1. The molecule has 4 atom stereocenters. The normalized spacial score (nSPS) is 24.4. The van der Waals surface area contributed by atoms with E-state index in [2.05, 4.69) is 20.9 Å². The van der Waals surface area contributed by atoms with Gasteiger partial charge < -0.3 is 43.9 Å². The van der Waals surface area contributed by atoms with E-state index in [0.717, 1.165) is 6.42 Å². The molecule has 4 aliphatic heterocycles. The quantitative estimate of drug-likeness (QED) is 0.193. The molecule has 0 unspecified atom stereocenters. The molecule has 0 saturated carbocycles. The molecular weight excluding hydrogens is 598 g/mol. The lowest BCUT2D eigenvalue weighted by atomic mass is 9.90. The van der Waals surface area contributed by atoms with Crippen molar-refractivity contribution >= 4 is 23.4 Å². The minimum absolute atomic E-state index is 0.0578. The molecule has 7 N–H and O–H groups in total. The summed E-state index contributed by atoms with van der Waals surface area (Å²) in [6, 6.07) is -0.507. The van der Waals surface area contributed by atoms with E-state index in [1.807, 2.05) is 28.7 Å². The molecule has 0 bridgehead atoms. The molecule has 0 aliphatic carbocycles. The van der Waals surface area contributed by atoms with E-state index in [-0.39, 0.29) is 24.0 Å². The largest absolute Gasteiger partial charge is 0.492 e. The summed E-state index contributed by atoms with van der Waals surface area (Å²) < 4.78 is 25.9. The van der Waals surface area contributed by atoms with Crippen LogP contribution in [0.15, 0.2) is 30.3 Å². The second-order valence-corrected chi connectivity index (χ2v) is 12.1. The van der Waals surface area contributed by atoms with Crippen LogP contribution in [0.2, 0.25) is 0 Å². The Morgan fingerprint density at radius 2 is 2.11 bits per heavy atom. The van der Waals surface area contributed by atoms with Crippen LogP contribution in [-0.4, -0.2) is 81.7 Å². The molecule has 0 radical (unpaired) electrons. The van der Waals surface area contributed by atoms with Crippen LogP contribution < -0.4 is 40.8 Å². The Morgan fingerprint density at radius 1 is 1.30 bits per heavy atom. The third kappa shape index (κ3) is 5.69. The maximum absolute atomic E-state index is 13.0. The summed E-state index contributed by atoms with van der Waals surface area (Å²) in [6.07, 6.45) is 6.37. The predicted octanol–water partition coefficient (Wildman–Crippen LogP) is 0.185. The van der Waals surface area contributed by atoms with E-state index in [4.69, 9.17) is 24.7 Å². The fourth-order valence-corrected chi connectivity index (χ4v) is 6.15. The number of rotatable bonds is 10. The van der Waals surface area contributed by atoms with Crippen LogP contribution in [0.25, 0.3) is 5.57 Å². The first-order valence-electron chi connectivity index (χ1n) is 15.5. The number of nitrogens with zero attached hydrogens (tertiary/aromatic N) is 3. The molecule has 4 aliphatic rings. The highest BCUT2D eigenvalue weighted by atomic mass is 16.6. The average Bonchev–Trinajstić information content (AvgIpc) is 3.76. The van der Waals surface area contributed by atoms with E-state index in [9.17, 15) is 19.8 Å². The van der Waals surface area contributed by atoms with E-state index in [0.29, 0.717) is 66.0 Å². The first kappa shape index (κ1) is 31.8. The number of fused-ring (bicyclic) bond motifs is 3. The highest BCUT2D eigenvalue weighted by molar-refractivity contribution is 5.96. The van der Waals surface area contributed by atoms with Crippen molar-refractivity contribution in [3.8, 4) is 17.2 Å². The number of carbonyl (C=O) groups excluding carboxylic acids is 2. The van der Waals surface area contributed by atoms with E-state index >= 15 is 0 Å². The van der Waals surface area contributed by atoms with Crippen LogP contribution in [0.3, 0.4) is 0 Å². The zero-order chi connectivity index (χ0) is 32.7. The molecule has 15 nitrogen and oxygen atoms in total. The van der Waals surface area contributed by atoms with Crippen molar-refractivity contribution in [1.82, 2.24) is 25.5 Å². The van der Waals surface area contributed by atoms with Gasteiger partial charge in [-0.25, -0.2) is 9.78 Å². The number of allylic oxidation sites excluding steroid dienone is 3. The van der Waals surface area contributed by atoms with Crippen LogP contribution in [0, 0.1) is 0 Å². The first-order chi connectivity index (χ1) is 22.0. The Morgan fingerprint density at radius 3 is 2.83 bits per heavy atom. The number of hydrogen-bond donors (Lipinski definition) is 6. The third-order valence-corrected chi connectivity index (χ3v) is 8.38. The second-order valence-electron chi connectivity index (χ2n) is 12.1. The maximum Gasteiger partial charge on any atom is 0.374 e. The number of anilines is 1. The molecule has 0 spiro atoms. The summed E-state index contributed by atoms with van der Waals surface area (Å²) in [4.78, 5) is 32.0. The van der Waals surface area contributed by atoms with Gasteiger partial charge in [0.1, 0.15) is 41.8 Å². The predicted molar refractivity (Wildman–Crippen MR) is 165 cm³/mol. The van der Waals surface area contributed by atoms with E-state index in [1.165, 1.54) is 0 Å². The molecule has 5 heterocycles. The van der Waals surface area contributed by atoms with Gasteiger partial charge in [-0.2, -0.15) is 0 Å². The van der Waals surface area contributed by atoms with Gasteiger partial charge in [0, 0.05) is 30.9 Å². The van der Waals surface area contributed by atoms with Crippen molar-refractivity contribution in [1.29, 1.82) is 0 Å². The highest BCUT2D eigenvalue weighted by Crippen LogP contribution is 2.53. The summed E-state index contributed by atoms with van der Waals surface area (Å²) in [5, 5.41) is 30.5. The van der Waals surface area contributed by atoms with Gasteiger partial charge in [-0.3, -0.25) is 21.2 Å². The Hall–Kier alpha value is -4.15. The van der Waals surface area contributed by atoms with Crippen molar-refractivity contribution in [3.63, 3.8) is 0 Å². The Balaban J connectivity index is 1.44. The number of carbonyl (C=O) groups is 2. The van der Waals surface area contributed by atoms with Crippen molar-refractivity contribution < 1.29 is 38.7 Å². The van der Waals surface area contributed by atoms with Crippen LogP contribution in [0.1, 0.15) is 50.8 Å². The number of aliphatic hydroxyl groups is 2. The number of imidazole rings is 1. The number of amides is 1. The number of aliphatic hydroxyl groups excluding tert-OH is 1. The summed E-state index contributed by atoms with van der Waals surface area (Å²) >= 11 is 0. The lowest BCUT2D eigenvalue weighted by Gasteiger charge is -2.35. The minimum Gasteiger partial charge on any atom is -0.492 e. The second kappa shape index (κ2) is 12.6. The first-order valence-corrected chi connectivity index (χ1v) is 15.5. The highest BCUT2D eigenvalue weighted by Gasteiger charge is 2.45. The molecule has 2 aromatic rings. The summed E-state index contributed by atoms with van der Waals surface area (Å²) in [5.41, 5.74) is 7.04. The summed E-state index contributed by atoms with van der Waals surface area (Å²) in [6.45, 7) is 7.80. The summed E-state index contributed by atoms with van der Waals surface area (Å²) in [7, 11) is 0. The lowest BCUT2D eigenvalue weighted by Crippen LogP contribution is -2.70. The van der Waals surface area contributed by atoms with Crippen LogP contribution in [0.5, 0.6) is 17.2 Å². The fraction of sp³-hybridized carbons (Fsp3) is 0.516. The zero-order valence-corrected chi connectivity index (χ0v) is 26.3. The van der Waals surface area contributed by atoms with Crippen LogP contribution in [-0.2, 0) is 33.9 Å². The lowest BCUT2D eigenvalue weighted by molar-refractivity contribution is -0.141. The van der Waals surface area contributed by atoms with Crippen molar-refractivity contribution in [2.75, 3.05) is 24.8 Å². The molecule has 1 amide bonds. The topological polar surface area (TPSA) is 195 Å². The van der Waals surface area contributed by atoms with Crippen molar-refractivity contribution in [2.45, 2.75) is 83.9 Å². The van der Waals surface area contributed by atoms with Gasteiger partial charge in [0.2, 0.25) is 17.6 Å². The Kier molecular flexibility index (Phi) is 8.69. The van der Waals surface area contributed by atoms with Gasteiger partial charge in [-0.1, -0.05) is 13.0 Å². The van der Waals surface area contributed by atoms with Gasteiger partial charge in [-0.05, 0) is 38.8 Å². The molecule has 2 saturated heterocycles. The third-order valence-electron chi connectivity index (χ3n) is 8.38. The molecule has 1 aromatic carbocycles. The SMILES string of the molecule is CCCOc1c2c(c(CO)c3c1/C(=C/Cn1ccnc1N1CN[C@H]4C(=O)N[C@@H](N)N[C@H]41)C=C(C(=O)OCC)O3)O[C@H](C(C)(C)O)C2. The number of aromatic nitrogens is 2. The maximum atomic E-state index is 13.0. The molecule has 46 heavy (non-hydrogen) atoms. The average molecular weight is 640 g/mol. The van der Waals surface area contributed by atoms with Crippen molar-refractivity contribution in [2.24, 2.45) is 5.73 Å². The Bertz CT molecular complexity index is 1580. The smallest absolute Gasteiger partial charge is 0.374 e. The minimum atomic E-state index is -1.18. The number of ether oxygens (including phenoxy) is 4. The van der Waals surface area contributed by atoms with Crippen LogP contribution in [0.4, 0.5) is 5.95 Å². The molecule has 6 rings (SSSR count). The number of benzene rings is 1. The van der Waals surface area contributed by atoms with Crippen molar-refractivity contribution in [3.05, 3.63) is 47.0 Å². The van der Waals surface area contributed by atoms with Crippen LogP contribution >= 0.6 is 0 Å². The van der Waals surface area contributed by atoms with Gasteiger partial charge in [-0.15, -0.1) is 0 Å². The number of nitrogens with two attached hydrogens (primary N) is 1. The number of nitrogens with one attached hydrogen (secondary N) is 3. The molecule has 248 valence electrons. The molecule has 2 fully saturated rings. The number of hydrogen-bond acceptors (Lipinski definition) is 13. The van der Waals surface area contributed by atoms with Gasteiger partial charge >= 0.3 is 5.97 Å². The van der Waals surface area contributed by atoms with Gasteiger partial charge in [0.25, 0.3) is 0 Å². The monoisotopic (exact) mass is 639 g/mol. The fourth-order valence-electron chi connectivity index (χ4n) is 6.15. The van der Waals surface area contributed by atoms with E-state index < -0.39 is 42.8 Å². The zero-order valence-electron chi connectivity index (χ0n) is 26.3. The van der Waals surface area contributed by atoms with Gasteiger partial charge in [0.05, 0.1) is 43.2 Å². The Labute approximate surface area is 266 Å². The molecule has 15 heteroatoms. The number of esters is 1. The molecule has 1 aromatic heterocycles. The summed E-state index contributed by atoms with van der Waals surface area (Å²) in [5.74, 6) is 0.787.